The van der Waals surface area contributed by atoms with Crippen LogP contribution in [0.3, 0.4) is 0 Å². The van der Waals surface area contributed by atoms with Crippen LogP contribution >= 0.6 is 22.6 Å². The number of hydrogen-bond acceptors (Lipinski definition) is 5. The van der Waals surface area contributed by atoms with Crippen molar-refractivity contribution < 1.29 is 24.1 Å². The molecular weight excluding hydrogens is 471 g/mol. The Morgan fingerprint density at radius 2 is 1.79 bits per heavy atom. The standard InChI is InChI=1S/C22H23IO5/c1-6-16-18(28-22(2,3)23)13-19(27-5)20(21(16)25)17(24)12-9-14-7-10-15(26-4)11-8-14/h6-13,25H,1H2,2-5H3/b12-9+. The Morgan fingerprint density at radius 3 is 2.29 bits per heavy atom. The molecule has 0 atom stereocenters. The monoisotopic (exact) mass is 494 g/mol. The van der Waals surface area contributed by atoms with Gasteiger partial charge in [-0.15, -0.1) is 0 Å². The van der Waals surface area contributed by atoms with Crippen LogP contribution in [-0.4, -0.2) is 28.7 Å². The van der Waals surface area contributed by atoms with Crippen LogP contribution < -0.4 is 14.2 Å². The lowest BCUT2D eigenvalue weighted by atomic mass is 10.0. The predicted octanol–water partition coefficient (Wildman–Crippen LogP) is 5.50. The van der Waals surface area contributed by atoms with Gasteiger partial charge in [-0.2, -0.15) is 0 Å². The second-order valence-electron chi connectivity index (χ2n) is 6.35. The van der Waals surface area contributed by atoms with E-state index in [9.17, 15) is 9.90 Å². The molecule has 0 aromatic heterocycles. The van der Waals surface area contributed by atoms with Gasteiger partial charge in [0.2, 0.25) is 0 Å². The number of carbonyl (C=O) groups is 1. The van der Waals surface area contributed by atoms with E-state index in [2.05, 4.69) is 29.2 Å². The minimum atomic E-state index is -0.521. The Labute approximate surface area is 178 Å². The second-order valence-corrected chi connectivity index (χ2v) is 8.95. The average molecular weight is 494 g/mol. The van der Waals surface area contributed by atoms with E-state index in [1.165, 1.54) is 19.3 Å². The fourth-order valence-electron chi connectivity index (χ4n) is 2.55. The van der Waals surface area contributed by atoms with E-state index in [4.69, 9.17) is 14.2 Å². The third-order valence-corrected chi connectivity index (χ3v) is 4.05. The molecule has 2 aromatic carbocycles. The highest BCUT2D eigenvalue weighted by Gasteiger charge is 2.24. The van der Waals surface area contributed by atoms with Crippen molar-refractivity contribution in [1.82, 2.24) is 0 Å². The van der Waals surface area contributed by atoms with Gasteiger partial charge in [-0.25, -0.2) is 0 Å². The maximum Gasteiger partial charge on any atom is 0.193 e. The first kappa shape index (κ1) is 21.8. The number of benzene rings is 2. The largest absolute Gasteiger partial charge is 0.506 e. The molecule has 1 N–H and O–H groups in total. The van der Waals surface area contributed by atoms with E-state index in [0.29, 0.717) is 11.3 Å². The third-order valence-electron chi connectivity index (χ3n) is 3.83. The van der Waals surface area contributed by atoms with Gasteiger partial charge in [0.1, 0.15) is 28.6 Å². The van der Waals surface area contributed by atoms with E-state index < -0.39 is 9.39 Å². The zero-order valence-electron chi connectivity index (χ0n) is 16.3. The van der Waals surface area contributed by atoms with Gasteiger partial charge in [0, 0.05) is 6.07 Å². The maximum absolute atomic E-state index is 12.8. The first-order valence-electron chi connectivity index (χ1n) is 8.51. The summed E-state index contributed by atoms with van der Waals surface area (Å²) in [4.78, 5) is 12.8. The van der Waals surface area contributed by atoms with Crippen LogP contribution in [0.15, 0.2) is 43.0 Å². The summed E-state index contributed by atoms with van der Waals surface area (Å²) in [5, 5.41) is 10.7. The summed E-state index contributed by atoms with van der Waals surface area (Å²) in [6, 6.07) is 8.85. The summed E-state index contributed by atoms with van der Waals surface area (Å²) in [6.45, 7) is 7.48. The molecule has 0 aliphatic rings. The molecule has 0 aliphatic carbocycles. The normalized spacial score (nSPS) is 11.3. The van der Waals surface area contributed by atoms with Gasteiger partial charge in [0.15, 0.2) is 9.39 Å². The summed E-state index contributed by atoms with van der Waals surface area (Å²) >= 11 is 2.13. The summed E-state index contributed by atoms with van der Waals surface area (Å²) < 4.78 is 15.8. The Kier molecular flexibility index (Phi) is 7.12. The van der Waals surface area contributed by atoms with Crippen LogP contribution in [0.5, 0.6) is 23.0 Å². The molecule has 28 heavy (non-hydrogen) atoms. The van der Waals surface area contributed by atoms with Crippen molar-refractivity contribution in [2.24, 2.45) is 0 Å². The van der Waals surface area contributed by atoms with E-state index in [1.807, 2.05) is 26.0 Å². The number of alkyl halides is 1. The van der Waals surface area contributed by atoms with Crippen molar-refractivity contribution in [2.75, 3.05) is 14.2 Å². The summed E-state index contributed by atoms with van der Waals surface area (Å²) in [7, 11) is 3.03. The van der Waals surface area contributed by atoms with Gasteiger partial charge in [-0.1, -0.05) is 30.9 Å². The molecule has 0 saturated heterocycles. The van der Waals surface area contributed by atoms with Crippen LogP contribution in [-0.2, 0) is 0 Å². The van der Waals surface area contributed by atoms with E-state index in [1.54, 1.807) is 31.4 Å². The number of methoxy groups -OCH3 is 2. The number of ketones is 1. The molecule has 0 heterocycles. The van der Waals surface area contributed by atoms with Crippen LogP contribution in [0, 0.1) is 0 Å². The molecule has 2 aromatic rings. The van der Waals surface area contributed by atoms with Crippen LogP contribution in [0.2, 0.25) is 0 Å². The zero-order valence-corrected chi connectivity index (χ0v) is 18.4. The van der Waals surface area contributed by atoms with Gasteiger partial charge in [0.25, 0.3) is 0 Å². The number of carbonyl (C=O) groups excluding carboxylic acids is 1. The Bertz CT molecular complexity index is 893. The Morgan fingerprint density at radius 1 is 1.14 bits per heavy atom. The molecule has 5 nitrogen and oxygen atoms in total. The zero-order chi connectivity index (χ0) is 20.9. The number of phenolic OH excluding ortho intramolecular Hbond substituents is 1. The minimum absolute atomic E-state index is 0.0563. The molecule has 0 fully saturated rings. The molecular formula is C22H23IO5. The fraction of sp³-hybridized carbons (Fsp3) is 0.227. The molecule has 148 valence electrons. The summed E-state index contributed by atoms with van der Waals surface area (Å²) in [6.07, 6.45) is 4.50. The topological polar surface area (TPSA) is 65.0 Å². The lowest BCUT2D eigenvalue weighted by Gasteiger charge is -2.23. The highest BCUT2D eigenvalue weighted by molar-refractivity contribution is 14.1. The molecule has 0 unspecified atom stereocenters. The third kappa shape index (κ3) is 5.28. The van der Waals surface area contributed by atoms with Gasteiger partial charge < -0.3 is 19.3 Å². The molecule has 0 spiro atoms. The number of halogens is 1. The number of aromatic hydroxyl groups is 1. The summed E-state index contributed by atoms with van der Waals surface area (Å²) in [5.74, 6) is 0.720. The lowest BCUT2D eigenvalue weighted by molar-refractivity contribution is 0.104. The average Bonchev–Trinajstić information content (AvgIpc) is 2.65. The second kappa shape index (κ2) is 9.14. The highest BCUT2D eigenvalue weighted by atomic mass is 127. The lowest BCUT2D eigenvalue weighted by Crippen LogP contribution is -2.19. The van der Waals surface area contributed by atoms with Crippen LogP contribution in [0.1, 0.15) is 35.3 Å². The molecule has 0 aliphatic heterocycles. The number of hydrogen-bond donors (Lipinski definition) is 1. The Balaban J connectivity index is 2.43. The number of phenols is 1. The maximum atomic E-state index is 12.8. The summed E-state index contributed by atoms with van der Waals surface area (Å²) in [5.41, 5.74) is 1.22. The van der Waals surface area contributed by atoms with Crippen molar-refractivity contribution >= 4 is 40.5 Å². The number of ether oxygens (including phenoxy) is 3. The first-order chi connectivity index (χ1) is 13.2. The van der Waals surface area contributed by atoms with Gasteiger partial charge in [-0.3, -0.25) is 4.79 Å². The SMILES string of the molecule is C=Cc1c(OC(C)(C)I)cc(OC)c(C(=O)/C=C/c2ccc(OC)cc2)c1O. The smallest absolute Gasteiger partial charge is 0.193 e. The Hall–Kier alpha value is -2.48. The molecule has 0 radical (unpaired) electrons. The number of allylic oxidation sites excluding steroid dienone is 1. The molecule has 0 saturated carbocycles. The van der Waals surface area contributed by atoms with Gasteiger partial charge in [0.05, 0.1) is 19.8 Å². The first-order valence-corrected chi connectivity index (χ1v) is 9.58. The van der Waals surface area contributed by atoms with Crippen LogP contribution in [0.4, 0.5) is 0 Å². The van der Waals surface area contributed by atoms with E-state index in [0.717, 1.165) is 11.3 Å². The van der Waals surface area contributed by atoms with Crippen molar-refractivity contribution in [1.29, 1.82) is 0 Å². The molecule has 0 bridgehead atoms. The van der Waals surface area contributed by atoms with E-state index >= 15 is 0 Å². The molecule has 6 heteroatoms. The number of rotatable bonds is 8. The quantitative estimate of drug-likeness (QED) is 0.227. The fourth-order valence-corrected chi connectivity index (χ4v) is 2.79. The van der Waals surface area contributed by atoms with Crippen molar-refractivity contribution in [2.45, 2.75) is 17.5 Å². The van der Waals surface area contributed by atoms with Crippen molar-refractivity contribution in [3.63, 3.8) is 0 Å². The van der Waals surface area contributed by atoms with Crippen LogP contribution in [0.25, 0.3) is 12.2 Å². The van der Waals surface area contributed by atoms with E-state index in [-0.39, 0.29) is 17.1 Å². The van der Waals surface area contributed by atoms with Gasteiger partial charge in [-0.05, 0) is 60.2 Å². The molecule has 0 amide bonds. The van der Waals surface area contributed by atoms with Gasteiger partial charge >= 0.3 is 0 Å². The van der Waals surface area contributed by atoms with Crippen molar-refractivity contribution in [3.05, 3.63) is 59.7 Å². The molecule has 2 rings (SSSR count). The van der Waals surface area contributed by atoms with Crippen molar-refractivity contribution in [3.8, 4) is 23.0 Å². The highest BCUT2D eigenvalue weighted by Crippen LogP contribution is 2.41. The minimum Gasteiger partial charge on any atom is -0.506 e. The predicted molar refractivity (Wildman–Crippen MR) is 120 cm³/mol.